The summed E-state index contributed by atoms with van der Waals surface area (Å²) in [6.45, 7) is 5.10. The van der Waals surface area contributed by atoms with Gasteiger partial charge in [-0.15, -0.1) is 0 Å². The van der Waals surface area contributed by atoms with Crippen molar-refractivity contribution >= 4 is 22.8 Å². The summed E-state index contributed by atoms with van der Waals surface area (Å²) in [7, 11) is 3.66. The van der Waals surface area contributed by atoms with E-state index in [-0.39, 0.29) is 18.1 Å². The number of hydrogen-bond acceptors (Lipinski definition) is 5. The molecule has 2 aromatic heterocycles. The van der Waals surface area contributed by atoms with Gasteiger partial charge in [0.25, 0.3) is 0 Å². The van der Waals surface area contributed by atoms with Crippen LogP contribution in [0.4, 0.5) is 10.5 Å². The Bertz CT molecular complexity index is 1010. The van der Waals surface area contributed by atoms with Crippen molar-refractivity contribution in [1.29, 1.82) is 0 Å². The number of likely N-dealkylation sites (tertiary alicyclic amines) is 1. The minimum Gasteiger partial charge on any atom is -0.481 e. The summed E-state index contributed by atoms with van der Waals surface area (Å²) in [5.74, 6) is 1.46. The average molecular weight is 409 g/mol. The lowest BCUT2D eigenvalue weighted by atomic mass is 9.97. The Labute approximate surface area is 176 Å². The third-order valence-corrected chi connectivity index (χ3v) is 5.84. The number of ether oxygens (including phenoxy) is 1. The van der Waals surface area contributed by atoms with Gasteiger partial charge < -0.3 is 20.4 Å². The fraction of sp³-hybridized carbons (Fsp3) is 0.409. The number of amides is 2. The number of fused-ring (bicyclic) bond motifs is 1. The molecule has 2 atom stereocenters. The van der Waals surface area contributed by atoms with E-state index < -0.39 is 0 Å². The van der Waals surface area contributed by atoms with Gasteiger partial charge in [0.05, 0.1) is 36.1 Å². The molecular weight excluding hydrogens is 380 g/mol. The minimum atomic E-state index is -0.230. The number of imidazole rings is 1. The summed E-state index contributed by atoms with van der Waals surface area (Å²) >= 11 is 0. The first-order chi connectivity index (χ1) is 14.4. The SMILES string of the molecule is COc1ccc(NC(=O)NC2CCN(C)C(c3nc4cc(C)c(C)cc4[nH]3)C2)cn1. The van der Waals surface area contributed by atoms with Crippen LogP contribution < -0.4 is 15.4 Å². The molecule has 3 heterocycles. The van der Waals surface area contributed by atoms with Gasteiger partial charge in [-0.25, -0.2) is 14.8 Å². The summed E-state index contributed by atoms with van der Waals surface area (Å²) < 4.78 is 5.04. The molecule has 158 valence electrons. The molecule has 0 bridgehead atoms. The Hall–Kier alpha value is -3.13. The third-order valence-electron chi connectivity index (χ3n) is 5.84. The summed E-state index contributed by atoms with van der Waals surface area (Å²) in [5, 5.41) is 5.93. The molecule has 2 amide bonds. The fourth-order valence-electron chi connectivity index (χ4n) is 3.91. The summed E-state index contributed by atoms with van der Waals surface area (Å²) in [4.78, 5) is 27.2. The van der Waals surface area contributed by atoms with Crippen LogP contribution in [0.1, 0.15) is 35.8 Å². The highest BCUT2D eigenvalue weighted by atomic mass is 16.5. The number of piperidine rings is 1. The Kier molecular flexibility index (Phi) is 5.59. The summed E-state index contributed by atoms with van der Waals surface area (Å²) in [6.07, 6.45) is 3.26. The van der Waals surface area contributed by atoms with Gasteiger partial charge in [-0.05, 0) is 63.1 Å². The van der Waals surface area contributed by atoms with Crippen LogP contribution in [-0.2, 0) is 0 Å². The van der Waals surface area contributed by atoms with E-state index in [9.17, 15) is 4.79 Å². The largest absolute Gasteiger partial charge is 0.481 e. The van der Waals surface area contributed by atoms with Crippen molar-refractivity contribution in [3.8, 4) is 5.88 Å². The van der Waals surface area contributed by atoms with Crippen molar-refractivity contribution in [3.05, 3.63) is 47.4 Å². The normalized spacial score (nSPS) is 19.6. The molecule has 4 rings (SSSR count). The number of carbonyl (C=O) groups is 1. The summed E-state index contributed by atoms with van der Waals surface area (Å²) in [6, 6.07) is 7.71. The van der Waals surface area contributed by atoms with Crippen LogP contribution in [0.3, 0.4) is 0 Å². The highest BCUT2D eigenvalue weighted by molar-refractivity contribution is 5.89. The van der Waals surface area contributed by atoms with E-state index in [1.807, 2.05) is 0 Å². The van der Waals surface area contributed by atoms with E-state index in [2.05, 4.69) is 58.5 Å². The van der Waals surface area contributed by atoms with E-state index in [0.29, 0.717) is 11.6 Å². The number of pyridine rings is 1. The molecule has 1 saturated heterocycles. The second-order valence-electron chi connectivity index (χ2n) is 7.98. The van der Waals surface area contributed by atoms with E-state index in [0.717, 1.165) is 36.2 Å². The number of hydrogen-bond donors (Lipinski definition) is 3. The van der Waals surface area contributed by atoms with Crippen molar-refractivity contribution < 1.29 is 9.53 Å². The molecule has 2 unspecified atom stereocenters. The molecule has 0 spiro atoms. The van der Waals surface area contributed by atoms with Crippen LogP contribution in [0.25, 0.3) is 11.0 Å². The fourth-order valence-corrected chi connectivity index (χ4v) is 3.91. The maximum atomic E-state index is 12.5. The second kappa shape index (κ2) is 8.31. The van der Waals surface area contributed by atoms with E-state index in [1.54, 1.807) is 25.4 Å². The van der Waals surface area contributed by atoms with Gasteiger partial charge in [0, 0.05) is 18.7 Å². The van der Waals surface area contributed by atoms with E-state index in [4.69, 9.17) is 9.72 Å². The van der Waals surface area contributed by atoms with Crippen LogP contribution in [0, 0.1) is 13.8 Å². The van der Waals surface area contributed by atoms with Gasteiger partial charge in [0.2, 0.25) is 5.88 Å². The molecule has 0 saturated carbocycles. The lowest BCUT2D eigenvalue weighted by molar-refractivity contribution is 0.153. The molecule has 8 nitrogen and oxygen atoms in total. The Balaban J connectivity index is 1.43. The number of H-pyrrole nitrogens is 1. The molecule has 1 aliphatic heterocycles. The number of anilines is 1. The Morgan fingerprint density at radius 3 is 2.80 bits per heavy atom. The summed E-state index contributed by atoms with van der Waals surface area (Å²) in [5.41, 5.74) is 5.16. The van der Waals surface area contributed by atoms with E-state index >= 15 is 0 Å². The average Bonchev–Trinajstić information content (AvgIpc) is 3.12. The molecule has 8 heteroatoms. The van der Waals surface area contributed by atoms with Gasteiger partial charge >= 0.3 is 6.03 Å². The number of benzene rings is 1. The predicted octanol–water partition coefficient (Wildman–Crippen LogP) is 3.54. The topological polar surface area (TPSA) is 95.2 Å². The molecule has 3 aromatic rings. The van der Waals surface area contributed by atoms with Crippen molar-refractivity contribution in [1.82, 2.24) is 25.2 Å². The van der Waals surface area contributed by atoms with Crippen molar-refractivity contribution in [2.75, 3.05) is 26.0 Å². The van der Waals surface area contributed by atoms with Crippen molar-refractivity contribution in [2.24, 2.45) is 0 Å². The smallest absolute Gasteiger partial charge is 0.319 e. The third kappa shape index (κ3) is 4.23. The van der Waals surface area contributed by atoms with Crippen LogP contribution in [0.5, 0.6) is 5.88 Å². The second-order valence-corrected chi connectivity index (χ2v) is 7.98. The maximum Gasteiger partial charge on any atom is 0.319 e. The van der Waals surface area contributed by atoms with Gasteiger partial charge in [0.1, 0.15) is 5.82 Å². The molecular formula is C22H28N6O2. The number of nitrogens with one attached hydrogen (secondary N) is 3. The van der Waals surface area contributed by atoms with Crippen LogP contribution in [0.15, 0.2) is 30.5 Å². The predicted molar refractivity (Wildman–Crippen MR) is 117 cm³/mol. The maximum absolute atomic E-state index is 12.5. The molecule has 1 aromatic carbocycles. The van der Waals surface area contributed by atoms with Gasteiger partial charge in [-0.1, -0.05) is 0 Å². The Morgan fingerprint density at radius 1 is 1.27 bits per heavy atom. The van der Waals surface area contributed by atoms with Gasteiger partial charge in [-0.3, -0.25) is 4.90 Å². The molecule has 0 aliphatic carbocycles. The number of aryl methyl sites for hydroxylation is 2. The van der Waals surface area contributed by atoms with Crippen LogP contribution in [0.2, 0.25) is 0 Å². The van der Waals surface area contributed by atoms with Crippen molar-refractivity contribution in [2.45, 2.75) is 38.8 Å². The molecule has 3 N–H and O–H groups in total. The quantitative estimate of drug-likeness (QED) is 0.614. The minimum absolute atomic E-state index is 0.0640. The zero-order valence-corrected chi connectivity index (χ0v) is 17.8. The highest BCUT2D eigenvalue weighted by Gasteiger charge is 2.30. The first kappa shape index (κ1) is 20.2. The molecule has 1 fully saturated rings. The van der Waals surface area contributed by atoms with Gasteiger partial charge in [-0.2, -0.15) is 0 Å². The number of carbonyl (C=O) groups excluding carboxylic acids is 1. The molecule has 0 radical (unpaired) electrons. The standard InChI is InChI=1S/C22H28N6O2/c1-13-9-17-18(10-14(13)2)27-21(26-17)19-11-15(7-8-28(19)3)24-22(29)25-16-5-6-20(30-4)23-12-16/h5-6,9-10,12,15,19H,7-8,11H2,1-4H3,(H,26,27)(H2,24,25,29). The zero-order chi connectivity index (χ0) is 21.3. The lowest BCUT2D eigenvalue weighted by Crippen LogP contribution is -2.46. The number of aromatic amines is 1. The molecule has 30 heavy (non-hydrogen) atoms. The number of urea groups is 1. The van der Waals surface area contributed by atoms with Crippen LogP contribution in [-0.4, -0.2) is 52.6 Å². The monoisotopic (exact) mass is 408 g/mol. The van der Waals surface area contributed by atoms with E-state index in [1.165, 1.54) is 11.1 Å². The first-order valence-corrected chi connectivity index (χ1v) is 10.2. The zero-order valence-electron chi connectivity index (χ0n) is 17.8. The number of aromatic nitrogens is 3. The lowest BCUT2D eigenvalue weighted by Gasteiger charge is -2.36. The number of nitrogens with zero attached hydrogens (tertiary/aromatic N) is 3. The number of rotatable bonds is 4. The number of methoxy groups -OCH3 is 1. The first-order valence-electron chi connectivity index (χ1n) is 10.2. The highest BCUT2D eigenvalue weighted by Crippen LogP contribution is 2.30. The Morgan fingerprint density at radius 2 is 2.07 bits per heavy atom. The van der Waals surface area contributed by atoms with Crippen LogP contribution >= 0.6 is 0 Å². The van der Waals surface area contributed by atoms with Gasteiger partial charge in [0.15, 0.2) is 0 Å². The molecule has 1 aliphatic rings. The van der Waals surface area contributed by atoms with Crippen molar-refractivity contribution in [3.63, 3.8) is 0 Å².